The van der Waals surface area contributed by atoms with Gasteiger partial charge in [-0.25, -0.2) is 0 Å². The highest BCUT2D eigenvalue weighted by molar-refractivity contribution is 9.10. The Bertz CT molecular complexity index is 451. The van der Waals surface area contributed by atoms with Gasteiger partial charge >= 0.3 is 0 Å². The summed E-state index contributed by atoms with van der Waals surface area (Å²) < 4.78 is 5.53. The molecule has 2 N–H and O–H groups in total. The van der Waals surface area contributed by atoms with Crippen molar-refractivity contribution in [3.8, 4) is 17.2 Å². The highest BCUT2D eigenvalue weighted by atomic mass is 79.9. The second-order valence-electron chi connectivity index (χ2n) is 3.12. The normalized spacial score (nSPS) is 9.06. The van der Waals surface area contributed by atoms with Gasteiger partial charge in [-0.15, -0.1) is 0 Å². The van der Waals surface area contributed by atoms with Gasteiger partial charge in [0, 0.05) is 0 Å². The first-order chi connectivity index (χ1) is 8.15. The molecule has 0 atom stereocenters. The molecular formula is C13H13BrO3. The number of phenols is 2. The van der Waals surface area contributed by atoms with Gasteiger partial charge in [0.25, 0.3) is 0 Å². The van der Waals surface area contributed by atoms with Crippen molar-refractivity contribution in [1.29, 1.82) is 0 Å². The third-order valence-corrected chi connectivity index (χ3v) is 2.61. The highest BCUT2D eigenvalue weighted by Gasteiger charge is 1.94. The zero-order valence-corrected chi connectivity index (χ0v) is 10.9. The summed E-state index contributed by atoms with van der Waals surface area (Å²) in [5.74, 6) is 0.977. The topological polar surface area (TPSA) is 49.7 Å². The summed E-state index contributed by atoms with van der Waals surface area (Å²) in [6.45, 7) is 0. The third-order valence-electron chi connectivity index (χ3n) is 1.94. The minimum atomic E-state index is 0.181. The van der Waals surface area contributed by atoms with Gasteiger partial charge < -0.3 is 14.9 Å². The Morgan fingerprint density at radius 2 is 1.41 bits per heavy atom. The van der Waals surface area contributed by atoms with Gasteiger partial charge in [0.2, 0.25) is 0 Å². The first-order valence-electron chi connectivity index (χ1n) is 4.90. The molecule has 0 amide bonds. The van der Waals surface area contributed by atoms with E-state index in [0.717, 1.165) is 4.47 Å². The van der Waals surface area contributed by atoms with Crippen LogP contribution in [-0.2, 0) is 0 Å². The van der Waals surface area contributed by atoms with Crippen molar-refractivity contribution < 1.29 is 14.9 Å². The van der Waals surface area contributed by atoms with E-state index in [0.29, 0.717) is 5.75 Å². The van der Waals surface area contributed by atoms with Crippen molar-refractivity contribution in [3.05, 3.63) is 53.0 Å². The van der Waals surface area contributed by atoms with Crippen LogP contribution in [0.3, 0.4) is 0 Å². The first kappa shape index (κ1) is 13.4. The molecule has 0 saturated carbocycles. The summed E-state index contributed by atoms with van der Waals surface area (Å²) in [6.07, 6.45) is 0. The minimum Gasteiger partial charge on any atom is -0.507 e. The predicted octanol–water partition coefficient (Wildman–Crippen LogP) is 3.56. The summed E-state index contributed by atoms with van der Waals surface area (Å²) in [5, 5.41) is 17.9. The maximum atomic E-state index is 8.99. The maximum absolute atomic E-state index is 8.99. The second-order valence-corrected chi connectivity index (χ2v) is 3.98. The van der Waals surface area contributed by atoms with Crippen molar-refractivity contribution in [2.24, 2.45) is 0 Å². The van der Waals surface area contributed by atoms with Crippen molar-refractivity contribution >= 4 is 15.9 Å². The largest absolute Gasteiger partial charge is 0.507 e. The molecule has 0 spiro atoms. The number of halogens is 1. The van der Waals surface area contributed by atoms with Gasteiger partial charge in [0.1, 0.15) is 5.75 Å². The number of aromatic hydroxyl groups is 2. The summed E-state index contributed by atoms with van der Waals surface area (Å²) >= 11 is 3.15. The number of ether oxygens (including phenoxy) is 1. The van der Waals surface area contributed by atoms with Crippen LogP contribution < -0.4 is 4.74 Å². The minimum absolute atomic E-state index is 0.181. The van der Waals surface area contributed by atoms with Crippen molar-refractivity contribution in [2.45, 2.75) is 0 Å². The molecule has 17 heavy (non-hydrogen) atoms. The zero-order valence-electron chi connectivity index (χ0n) is 9.30. The summed E-state index contributed by atoms with van der Waals surface area (Å²) in [6, 6.07) is 13.9. The van der Waals surface area contributed by atoms with E-state index >= 15 is 0 Å². The molecule has 0 fully saturated rings. The molecule has 0 heterocycles. The molecule has 0 aliphatic heterocycles. The first-order valence-corrected chi connectivity index (χ1v) is 5.70. The maximum Gasteiger partial charge on any atom is 0.160 e. The Balaban J connectivity index is 0.000000171. The van der Waals surface area contributed by atoms with Crippen LogP contribution in [0, 0.1) is 0 Å². The molecule has 90 valence electrons. The van der Waals surface area contributed by atoms with E-state index in [1.54, 1.807) is 42.5 Å². The van der Waals surface area contributed by atoms with Crippen LogP contribution in [0.15, 0.2) is 53.0 Å². The van der Waals surface area contributed by atoms with Gasteiger partial charge in [-0.3, -0.25) is 0 Å². The van der Waals surface area contributed by atoms with Gasteiger partial charge in [-0.05, 0) is 40.2 Å². The quantitative estimate of drug-likeness (QED) is 0.846. The van der Waals surface area contributed by atoms with Crippen LogP contribution in [0.2, 0.25) is 0 Å². The molecule has 0 bridgehead atoms. The average Bonchev–Trinajstić information content (AvgIpc) is 2.34. The summed E-state index contributed by atoms with van der Waals surface area (Å²) in [4.78, 5) is 0. The van der Waals surface area contributed by atoms with E-state index < -0.39 is 0 Å². The zero-order chi connectivity index (χ0) is 12.7. The molecular weight excluding hydrogens is 284 g/mol. The number of phenolic OH excluding ortho intramolecular Hbond substituents is 2. The molecule has 2 aromatic rings. The lowest BCUT2D eigenvalue weighted by Crippen LogP contribution is -1.80. The smallest absolute Gasteiger partial charge is 0.160 e. The highest BCUT2D eigenvalue weighted by Crippen LogP contribution is 2.23. The Morgan fingerprint density at radius 1 is 0.882 bits per heavy atom. The molecule has 0 aliphatic rings. The monoisotopic (exact) mass is 296 g/mol. The molecule has 4 heteroatoms. The van der Waals surface area contributed by atoms with Gasteiger partial charge in [-0.2, -0.15) is 0 Å². The van der Waals surface area contributed by atoms with Crippen LogP contribution in [0.4, 0.5) is 0 Å². The van der Waals surface area contributed by atoms with E-state index in [2.05, 4.69) is 15.9 Å². The summed E-state index contributed by atoms with van der Waals surface area (Å²) in [7, 11) is 1.52. The van der Waals surface area contributed by atoms with Gasteiger partial charge in [-0.1, -0.05) is 24.3 Å². The average molecular weight is 297 g/mol. The Morgan fingerprint density at radius 3 is 1.76 bits per heavy atom. The molecule has 0 radical (unpaired) electrons. The number of hydrogen-bond acceptors (Lipinski definition) is 3. The van der Waals surface area contributed by atoms with Crippen LogP contribution in [0.5, 0.6) is 17.2 Å². The number of benzene rings is 2. The van der Waals surface area contributed by atoms with Crippen molar-refractivity contribution in [2.75, 3.05) is 7.11 Å². The Hall–Kier alpha value is -1.68. The predicted molar refractivity (Wildman–Crippen MR) is 70.5 cm³/mol. The molecule has 2 rings (SSSR count). The van der Waals surface area contributed by atoms with E-state index in [1.807, 2.05) is 6.07 Å². The standard InChI is InChI=1S/C7H8O2.C6H5BrO/c1-9-7-5-3-2-4-6(7)8;7-5-3-1-2-4-6(5)8/h2-5,8H,1H3;1-4,8H. The van der Waals surface area contributed by atoms with Crippen LogP contribution in [0.1, 0.15) is 0 Å². The molecule has 0 aliphatic carbocycles. The Labute approximate surface area is 108 Å². The Kier molecular flexibility index (Phi) is 5.36. The number of para-hydroxylation sites is 3. The number of hydrogen-bond donors (Lipinski definition) is 2. The summed E-state index contributed by atoms with van der Waals surface area (Å²) in [5.41, 5.74) is 0. The van der Waals surface area contributed by atoms with E-state index in [9.17, 15) is 0 Å². The fourth-order valence-corrected chi connectivity index (χ4v) is 1.37. The third kappa shape index (κ3) is 4.36. The van der Waals surface area contributed by atoms with Crippen molar-refractivity contribution in [3.63, 3.8) is 0 Å². The molecule has 0 aromatic heterocycles. The lowest BCUT2D eigenvalue weighted by Gasteiger charge is -1.99. The van der Waals surface area contributed by atoms with Crippen LogP contribution in [-0.4, -0.2) is 17.3 Å². The number of rotatable bonds is 1. The van der Waals surface area contributed by atoms with Crippen LogP contribution in [0.25, 0.3) is 0 Å². The SMILES string of the molecule is COc1ccccc1O.Oc1ccccc1Br. The molecule has 0 saturated heterocycles. The lowest BCUT2D eigenvalue weighted by molar-refractivity contribution is 0.373. The molecule has 0 unspecified atom stereocenters. The van der Waals surface area contributed by atoms with E-state index in [4.69, 9.17) is 14.9 Å². The van der Waals surface area contributed by atoms with Crippen molar-refractivity contribution in [1.82, 2.24) is 0 Å². The number of methoxy groups -OCH3 is 1. The van der Waals surface area contributed by atoms with E-state index in [-0.39, 0.29) is 11.5 Å². The molecule has 3 nitrogen and oxygen atoms in total. The van der Waals surface area contributed by atoms with Gasteiger partial charge in [0.15, 0.2) is 11.5 Å². The molecule has 2 aromatic carbocycles. The second kappa shape index (κ2) is 6.81. The fourth-order valence-electron chi connectivity index (χ4n) is 1.08. The van der Waals surface area contributed by atoms with Gasteiger partial charge in [0.05, 0.1) is 11.6 Å². The van der Waals surface area contributed by atoms with Crippen LogP contribution >= 0.6 is 15.9 Å². The lowest BCUT2D eigenvalue weighted by atomic mass is 10.3. The fraction of sp³-hybridized carbons (Fsp3) is 0.0769. The van der Waals surface area contributed by atoms with E-state index in [1.165, 1.54) is 7.11 Å².